The summed E-state index contributed by atoms with van der Waals surface area (Å²) in [4.78, 5) is 12.5. The second-order valence-corrected chi connectivity index (χ2v) is 6.16. The average Bonchev–Trinajstić information content (AvgIpc) is 3.35. The van der Waals surface area contributed by atoms with Gasteiger partial charge in [0.05, 0.1) is 12.2 Å². The monoisotopic (exact) mass is 417 g/mol. The van der Waals surface area contributed by atoms with E-state index in [1.54, 1.807) is 24.3 Å². The van der Waals surface area contributed by atoms with Crippen LogP contribution in [0.5, 0.6) is 5.75 Å². The number of hydrogen-bond donors (Lipinski definition) is 1. The van der Waals surface area contributed by atoms with Crippen LogP contribution in [0.2, 0.25) is 0 Å². The first-order valence-corrected chi connectivity index (χ1v) is 8.83. The van der Waals surface area contributed by atoms with E-state index in [-0.39, 0.29) is 23.2 Å². The molecule has 0 spiro atoms. The van der Waals surface area contributed by atoms with Crippen LogP contribution in [-0.2, 0) is 6.18 Å². The SMILES string of the molecule is CCOc1cccc2cc(C(=O)Nc3nnc(-c4ccc(C(F)(F)F)cc4)o3)oc12. The molecule has 10 heteroatoms. The van der Waals surface area contributed by atoms with Crippen molar-refractivity contribution in [2.45, 2.75) is 13.1 Å². The molecule has 2 heterocycles. The molecule has 0 aliphatic carbocycles. The number of hydrogen-bond acceptors (Lipinski definition) is 6. The zero-order valence-corrected chi connectivity index (χ0v) is 15.5. The predicted molar refractivity (Wildman–Crippen MR) is 100 cm³/mol. The third-order valence-corrected chi connectivity index (χ3v) is 4.14. The van der Waals surface area contributed by atoms with Gasteiger partial charge in [0.15, 0.2) is 17.1 Å². The number of carbonyl (C=O) groups is 1. The van der Waals surface area contributed by atoms with Gasteiger partial charge in [-0.15, -0.1) is 5.10 Å². The third-order valence-electron chi connectivity index (χ3n) is 4.14. The Hall–Kier alpha value is -3.82. The average molecular weight is 417 g/mol. The van der Waals surface area contributed by atoms with Crippen LogP contribution in [-0.4, -0.2) is 22.7 Å². The van der Waals surface area contributed by atoms with Crippen LogP contribution in [0.15, 0.2) is 57.4 Å². The van der Waals surface area contributed by atoms with Gasteiger partial charge in [-0.2, -0.15) is 13.2 Å². The van der Waals surface area contributed by atoms with Crippen LogP contribution in [0, 0.1) is 0 Å². The summed E-state index contributed by atoms with van der Waals surface area (Å²) in [5, 5.41) is 10.5. The second kappa shape index (κ2) is 7.54. The van der Waals surface area contributed by atoms with Crippen molar-refractivity contribution in [3.63, 3.8) is 0 Å². The van der Waals surface area contributed by atoms with E-state index in [1.807, 2.05) is 6.92 Å². The van der Waals surface area contributed by atoms with Crippen LogP contribution < -0.4 is 10.1 Å². The third kappa shape index (κ3) is 3.84. The number of benzene rings is 2. The molecule has 4 rings (SSSR count). The van der Waals surface area contributed by atoms with E-state index >= 15 is 0 Å². The summed E-state index contributed by atoms with van der Waals surface area (Å²) in [5.41, 5.74) is -0.0860. The molecule has 0 saturated carbocycles. The Morgan fingerprint density at radius 3 is 2.57 bits per heavy atom. The van der Waals surface area contributed by atoms with Gasteiger partial charge in [-0.1, -0.05) is 17.2 Å². The molecule has 4 aromatic rings. The summed E-state index contributed by atoms with van der Waals surface area (Å²) in [7, 11) is 0. The maximum atomic E-state index is 12.7. The van der Waals surface area contributed by atoms with E-state index in [9.17, 15) is 18.0 Å². The Bertz CT molecular complexity index is 1200. The summed E-state index contributed by atoms with van der Waals surface area (Å²) >= 11 is 0. The summed E-state index contributed by atoms with van der Waals surface area (Å²) in [6.45, 7) is 2.27. The van der Waals surface area contributed by atoms with Crippen LogP contribution in [0.4, 0.5) is 19.2 Å². The van der Waals surface area contributed by atoms with Gasteiger partial charge in [-0.05, 0) is 43.3 Å². The number of ether oxygens (including phenoxy) is 1. The van der Waals surface area contributed by atoms with Crippen LogP contribution in [0.1, 0.15) is 23.0 Å². The van der Waals surface area contributed by atoms with Crippen molar-refractivity contribution < 1.29 is 31.5 Å². The van der Waals surface area contributed by atoms with Gasteiger partial charge in [0, 0.05) is 10.9 Å². The highest BCUT2D eigenvalue weighted by Crippen LogP contribution is 2.31. The number of para-hydroxylation sites is 1. The first kappa shape index (κ1) is 19.5. The molecule has 1 amide bonds. The van der Waals surface area contributed by atoms with Crippen LogP contribution in [0.3, 0.4) is 0 Å². The highest BCUT2D eigenvalue weighted by Gasteiger charge is 2.30. The Labute approximate surface area is 167 Å². The minimum atomic E-state index is -4.44. The first-order chi connectivity index (χ1) is 14.3. The number of nitrogens with one attached hydrogen (secondary N) is 1. The van der Waals surface area contributed by atoms with Gasteiger partial charge in [0.25, 0.3) is 5.91 Å². The molecular formula is C20H14F3N3O4. The fourth-order valence-corrected chi connectivity index (χ4v) is 2.77. The fraction of sp³-hybridized carbons (Fsp3) is 0.150. The predicted octanol–water partition coefficient (Wildman–Crippen LogP) is 5.15. The minimum absolute atomic E-state index is 0.00596. The smallest absolute Gasteiger partial charge is 0.416 e. The molecule has 30 heavy (non-hydrogen) atoms. The lowest BCUT2D eigenvalue weighted by Crippen LogP contribution is -2.11. The van der Waals surface area contributed by atoms with Gasteiger partial charge >= 0.3 is 12.2 Å². The normalized spacial score (nSPS) is 11.6. The molecule has 0 fully saturated rings. The Morgan fingerprint density at radius 2 is 1.87 bits per heavy atom. The van der Waals surface area contributed by atoms with Crippen molar-refractivity contribution >= 4 is 22.9 Å². The Kier molecular flexibility index (Phi) is 4.90. The number of nitrogens with zero attached hydrogens (tertiary/aromatic N) is 2. The maximum absolute atomic E-state index is 12.7. The molecule has 0 bridgehead atoms. The maximum Gasteiger partial charge on any atom is 0.416 e. The number of fused-ring (bicyclic) bond motifs is 1. The Balaban J connectivity index is 1.52. The number of aromatic nitrogens is 2. The molecular weight excluding hydrogens is 403 g/mol. The molecule has 2 aromatic carbocycles. The standard InChI is InChI=1S/C20H14F3N3O4/c1-2-28-14-5-3-4-12-10-15(29-16(12)14)17(27)24-19-26-25-18(30-19)11-6-8-13(9-7-11)20(21,22)23/h3-10H,2H2,1H3,(H,24,26,27). The van der Waals surface area contributed by atoms with Crippen molar-refractivity contribution in [1.29, 1.82) is 0 Å². The van der Waals surface area contributed by atoms with E-state index in [0.717, 1.165) is 12.1 Å². The largest absolute Gasteiger partial charge is 0.490 e. The summed E-state index contributed by atoms with van der Waals surface area (Å²) in [5.74, 6) is -0.151. The van der Waals surface area contributed by atoms with Crippen molar-refractivity contribution in [1.82, 2.24) is 10.2 Å². The number of rotatable bonds is 5. The van der Waals surface area contributed by atoms with Crippen molar-refractivity contribution in [3.05, 3.63) is 59.9 Å². The fourth-order valence-electron chi connectivity index (χ4n) is 2.77. The molecule has 0 atom stereocenters. The molecule has 0 radical (unpaired) electrons. The number of furan rings is 1. The van der Waals surface area contributed by atoms with Crippen molar-refractivity contribution in [2.24, 2.45) is 0 Å². The van der Waals surface area contributed by atoms with E-state index in [0.29, 0.717) is 23.3 Å². The van der Waals surface area contributed by atoms with Gasteiger partial charge < -0.3 is 13.6 Å². The molecule has 0 unspecified atom stereocenters. The topological polar surface area (TPSA) is 90.4 Å². The number of halogens is 3. The summed E-state index contributed by atoms with van der Waals surface area (Å²) < 4.78 is 54.4. The number of alkyl halides is 3. The van der Waals surface area contributed by atoms with Gasteiger partial charge in [0.1, 0.15) is 0 Å². The molecule has 7 nitrogen and oxygen atoms in total. The highest BCUT2D eigenvalue weighted by molar-refractivity contribution is 6.04. The molecule has 0 saturated heterocycles. The number of carbonyl (C=O) groups excluding carboxylic acids is 1. The summed E-state index contributed by atoms with van der Waals surface area (Å²) in [6.07, 6.45) is -4.44. The number of amides is 1. The molecule has 154 valence electrons. The molecule has 0 aliphatic heterocycles. The first-order valence-electron chi connectivity index (χ1n) is 8.83. The van der Waals surface area contributed by atoms with Gasteiger partial charge in [-0.3, -0.25) is 10.1 Å². The lowest BCUT2D eigenvalue weighted by molar-refractivity contribution is -0.137. The second-order valence-electron chi connectivity index (χ2n) is 6.16. The number of anilines is 1. The van der Waals surface area contributed by atoms with Crippen molar-refractivity contribution in [3.8, 4) is 17.2 Å². The van der Waals surface area contributed by atoms with E-state index in [1.165, 1.54) is 12.1 Å². The van der Waals surface area contributed by atoms with E-state index in [4.69, 9.17) is 13.6 Å². The van der Waals surface area contributed by atoms with E-state index < -0.39 is 17.6 Å². The zero-order chi connectivity index (χ0) is 21.3. The van der Waals surface area contributed by atoms with Crippen LogP contribution in [0.25, 0.3) is 22.4 Å². The molecule has 0 aliphatic rings. The molecule has 2 aromatic heterocycles. The van der Waals surface area contributed by atoms with Gasteiger partial charge in [-0.25, -0.2) is 0 Å². The molecule has 1 N–H and O–H groups in total. The van der Waals surface area contributed by atoms with Crippen LogP contribution >= 0.6 is 0 Å². The van der Waals surface area contributed by atoms with E-state index in [2.05, 4.69) is 15.5 Å². The minimum Gasteiger partial charge on any atom is -0.490 e. The highest BCUT2D eigenvalue weighted by atomic mass is 19.4. The lowest BCUT2D eigenvalue weighted by atomic mass is 10.1. The van der Waals surface area contributed by atoms with Gasteiger partial charge in [0.2, 0.25) is 5.89 Å². The lowest BCUT2D eigenvalue weighted by Gasteiger charge is -2.05. The summed E-state index contributed by atoms with van der Waals surface area (Å²) in [6, 6.07) is 10.8. The van der Waals surface area contributed by atoms with Crippen molar-refractivity contribution in [2.75, 3.05) is 11.9 Å². The zero-order valence-electron chi connectivity index (χ0n) is 15.5. The quantitative estimate of drug-likeness (QED) is 0.483. The Morgan fingerprint density at radius 1 is 1.10 bits per heavy atom.